The molecular formula is C26H28N4O. The molecule has 0 amide bonds. The number of aromatic nitrogens is 2. The van der Waals surface area contributed by atoms with Crippen LogP contribution in [0.2, 0.25) is 0 Å². The first-order valence-electron chi connectivity index (χ1n) is 10.9. The minimum absolute atomic E-state index is 0.175. The average Bonchev–Trinajstić information content (AvgIpc) is 3.31. The zero-order chi connectivity index (χ0) is 21.2. The topological polar surface area (TPSA) is 44.4 Å². The van der Waals surface area contributed by atoms with Gasteiger partial charge in [-0.2, -0.15) is 0 Å². The van der Waals surface area contributed by atoms with E-state index >= 15 is 0 Å². The van der Waals surface area contributed by atoms with Gasteiger partial charge in [-0.1, -0.05) is 48.5 Å². The first-order valence-corrected chi connectivity index (χ1v) is 10.9. The highest BCUT2D eigenvalue weighted by Gasteiger charge is 2.17. The Hall–Kier alpha value is -3.31. The number of fused-ring (bicyclic) bond motifs is 1. The highest BCUT2D eigenvalue weighted by atomic mass is 16.5. The average molecular weight is 413 g/mol. The minimum atomic E-state index is -0.175. The van der Waals surface area contributed by atoms with E-state index in [0.717, 1.165) is 49.0 Å². The molecule has 1 unspecified atom stereocenters. The quantitative estimate of drug-likeness (QED) is 0.494. The molecular weight excluding hydrogens is 384 g/mol. The van der Waals surface area contributed by atoms with Gasteiger partial charge in [0.15, 0.2) is 6.10 Å². The number of hydrogen-bond acceptors (Lipinski definition) is 4. The Labute approximate surface area is 183 Å². The smallest absolute Gasteiger partial charge is 0.153 e. The van der Waals surface area contributed by atoms with Gasteiger partial charge in [0.1, 0.15) is 11.6 Å². The van der Waals surface area contributed by atoms with E-state index in [4.69, 9.17) is 4.74 Å². The Kier molecular flexibility index (Phi) is 5.35. The van der Waals surface area contributed by atoms with Crippen molar-refractivity contribution in [3.05, 3.63) is 78.8 Å². The van der Waals surface area contributed by atoms with Crippen molar-refractivity contribution in [1.29, 1.82) is 0 Å². The molecule has 5 nitrogen and oxygen atoms in total. The van der Waals surface area contributed by atoms with Crippen LogP contribution in [0.25, 0.3) is 22.0 Å². The van der Waals surface area contributed by atoms with Crippen LogP contribution in [0.5, 0.6) is 5.75 Å². The van der Waals surface area contributed by atoms with Gasteiger partial charge in [0.05, 0.1) is 11.9 Å². The molecule has 1 aliphatic rings. The van der Waals surface area contributed by atoms with Gasteiger partial charge in [0, 0.05) is 37.3 Å². The van der Waals surface area contributed by atoms with E-state index in [2.05, 4.69) is 69.3 Å². The highest BCUT2D eigenvalue weighted by molar-refractivity contribution is 5.95. The number of nitrogens with zero attached hydrogens (tertiary/aromatic N) is 3. The van der Waals surface area contributed by atoms with Crippen LogP contribution >= 0.6 is 0 Å². The number of rotatable bonds is 5. The Bertz CT molecular complexity index is 1160. The lowest BCUT2D eigenvalue weighted by Gasteiger charge is -2.34. The summed E-state index contributed by atoms with van der Waals surface area (Å²) in [6.07, 6.45) is 1.70. The molecule has 5 heteroatoms. The summed E-state index contributed by atoms with van der Waals surface area (Å²) in [6.45, 7) is 6.30. The first kappa shape index (κ1) is 19.6. The molecule has 0 radical (unpaired) electrons. The molecule has 0 saturated carbocycles. The predicted octanol–water partition coefficient (Wildman–Crippen LogP) is 5.12. The maximum atomic E-state index is 6.30. The van der Waals surface area contributed by atoms with Crippen molar-refractivity contribution in [1.82, 2.24) is 14.9 Å². The lowest BCUT2D eigenvalue weighted by molar-refractivity contribution is 0.218. The summed E-state index contributed by atoms with van der Waals surface area (Å²) in [5.41, 5.74) is 3.41. The van der Waals surface area contributed by atoms with Crippen molar-refractivity contribution in [2.45, 2.75) is 13.0 Å². The summed E-state index contributed by atoms with van der Waals surface area (Å²) < 4.78 is 6.30. The Morgan fingerprint density at radius 3 is 2.55 bits per heavy atom. The summed E-state index contributed by atoms with van der Waals surface area (Å²) >= 11 is 0. The third-order valence-electron chi connectivity index (χ3n) is 6.05. The van der Waals surface area contributed by atoms with Gasteiger partial charge in [-0.3, -0.25) is 0 Å². The molecule has 158 valence electrons. The fourth-order valence-electron chi connectivity index (χ4n) is 4.20. The molecule has 0 bridgehead atoms. The van der Waals surface area contributed by atoms with Crippen molar-refractivity contribution >= 4 is 16.5 Å². The fraction of sp³-hybridized carbons (Fsp3) is 0.269. The standard InChI is InChI=1S/C26H28N4O/c1-19(26-27-18-24(28-26)21-7-4-3-5-8-21)31-22-12-11-20-9-6-10-25(23(20)17-22)30-15-13-29(2)14-16-30/h3-12,17-19H,13-16H2,1-2H3,(H,27,28). The number of imidazole rings is 1. The summed E-state index contributed by atoms with van der Waals surface area (Å²) in [6, 6.07) is 23.1. The molecule has 1 fully saturated rings. The Balaban J connectivity index is 1.38. The zero-order valence-electron chi connectivity index (χ0n) is 18.1. The van der Waals surface area contributed by atoms with Gasteiger partial charge >= 0.3 is 0 Å². The molecule has 1 atom stereocenters. The maximum absolute atomic E-state index is 6.30. The number of anilines is 1. The normalized spacial score (nSPS) is 15.9. The largest absolute Gasteiger partial charge is 0.483 e. The van der Waals surface area contributed by atoms with Gasteiger partial charge in [0.2, 0.25) is 0 Å². The van der Waals surface area contributed by atoms with Gasteiger partial charge < -0.3 is 19.5 Å². The molecule has 31 heavy (non-hydrogen) atoms. The summed E-state index contributed by atoms with van der Waals surface area (Å²) in [4.78, 5) is 12.8. The monoisotopic (exact) mass is 412 g/mol. The second-order valence-electron chi connectivity index (χ2n) is 8.26. The molecule has 3 aromatic carbocycles. The molecule has 1 saturated heterocycles. The molecule has 1 aromatic heterocycles. The molecule has 0 spiro atoms. The van der Waals surface area contributed by atoms with E-state index in [1.807, 2.05) is 37.4 Å². The maximum Gasteiger partial charge on any atom is 0.153 e. The fourth-order valence-corrected chi connectivity index (χ4v) is 4.20. The summed E-state index contributed by atoms with van der Waals surface area (Å²) in [7, 11) is 2.19. The van der Waals surface area contributed by atoms with Gasteiger partial charge in [-0.25, -0.2) is 4.98 Å². The zero-order valence-corrected chi connectivity index (χ0v) is 18.1. The van der Waals surface area contributed by atoms with E-state index in [-0.39, 0.29) is 6.10 Å². The van der Waals surface area contributed by atoms with Crippen LogP contribution in [0, 0.1) is 0 Å². The molecule has 2 heterocycles. The van der Waals surface area contributed by atoms with Crippen LogP contribution in [0.4, 0.5) is 5.69 Å². The van der Waals surface area contributed by atoms with E-state index in [1.54, 1.807) is 0 Å². The highest BCUT2D eigenvalue weighted by Crippen LogP contribution is 2.32. The molecule has 1 N–H and O–H groups in total. The molecule has 0 aliphatic carbocycles. The van der Waals surface area contributed by atoms with Crippen LogP contribution in [-0.2, 0) is 0 Å². The van der Waals surface area contributed by atoms with Crippen molar-refractivity contribution in [2.75, 3.05) is 38.1 Å². The Morgan fingerprint density at radius 2 is 1.74 bits per heavy atom. The first-order chi connectivity index (χ1) is 15.2. The minimum Gasteiger partial charge on any atom is -0.483 e. The number of ether oxygens (including phenoxy) is 1. The van der Waals surface area contributed by atoms with E-state index in [9.17, 15) is 0 Å². The summed E-state index contributed by atoms with van der Waals surface area (Å²) in [5, 5.41) is 2.47. The van der Waals surface area contributed by atoms with Crippen molar-refractivity contribution in [3.63, 3.8) is 0 Å². The van der Waals surface area contributed by atoms with Crippen LogP contribution in [0.3, 0.4) is 0 Å². The number of nitrogens with one attached hydrogen (secondary N) is 1. The lowest BCUT2D eigenvalue weighted by Crippen LogP contribution is -2.44. The van der Waals surface area contributed by atoms with E-state index < -0.39 is 0 Å². The van der Waals surface area contributed by atoms with Crippen molar-refractivity contribution in [3.8, 4) is 17.0 Å². The number of hydrogen-bond donors (Lipinski definition) is 1. The number of aromatic amines is 1. The number of H-pyrrole nitrogens is 1. The van der Waals surface area contributed by atoms with Crippen molar-refractivity contribution < 1.29 is 4.74 Å². The second kappa shape index (κ2) is 8.44. The van der Waals surface area contributed by atoms with Gasteiger partial charge in [-0.15, -0.1) is 0 Å². The molecule has 5 rings (SSSR count). The van der Waals surface area contributed by atoms with Crippen LogP contribution in [-0.4, -0.2) is 48.1 Å². The number of likely N-dealkylation sites (N-methyl/N-ethyl adjacent to an activating group) is 1. The van der Waals surface area contributed by atoms with Crippen LogP contribution < -0.4 is 9.64 Å². The molecule has 1 aliphatic heterocycles. The van der Waals surface area contributed by atoms with Crippen molar-refractivity contribution in [2.24, 2.45) is 0 Å². The predicted molar refractivity (Wildman–Crippen MR) is 127 cm³/mol. The summed E-state index contributed by atoms with van der Waals surface area (Å²) in [5.74, 6) is 1.69. The second-order valence-corrected chi connectivity index (χ2v) is 8.26. The third kappa shape index (κ3) is 4.14. The van der Waals surface area contributed by atoms with Crippen LogP contribution in [0.1, 0.15) is 18.9 Å². The third-order valence-corrected chi connectivity index (χ3v) is 6.05. The van der Waals surface area contributed by atoms with Gasteiger partial charge in [-0.05, 0) is 43.1 Å². The van der Waals surface area contributed by atoms with E-state index in [0.29, 0.717) is 0 Å². The number of piperazine rings is 1. The van der Waals surface area contributed by atoms with Gasteiger partial charge in [0.25, 0.3) is 0 Å². The Morgan fingerprint density at radius 1 is 0.935 bits per heavy atom. The van der Waals surface area contributed by atoms with E-state index in [1.165, 1.54) is 16.5 Å². The number of benzene rings is 3. The van der Waals surface area contributed by atoms with Crippen LogP contribution in [0.15, 0.2) is 72.9 Å². The lowest BCUT2D eigenvalue weighted by atomic mass is 10.1. The SMILES string of the molecule is CC(Oc1ccc2cccc(N3CCN(C)CC3)c2c1)c1ncc(-c2ccccc2)[nH]1. The molecule has 4 aromatic rings.